The number of hydrogen-bond acceptors (Lipinski definition) is 5. The van der Waals surface area contributed by atoms with E-state index in [2.05, 4.69) is 21.0 Å². The molecule has 0 unspecified atom stereocenters. The lowest BCUT2D eigenvalue weighted by Crippen LogP contribution is -2.34. The van der Waals surface area contributed by atoms with Crippen LogP contribution in [0.1, 0.15) is 29.8 Å². The molecule has 0 aliphatic rings. The lowest BCUT2D eigenvalue weighted by molar-refractivity contribution is -0.119. The summed E-state index contributed by atoms with van der Waals surface area (Å²) < 4.78 is 6.72. The normalized spacial score (nSPS) is 10.5. The predicted molar refractivity (Wildman–Crippen MR) is 125 cm³/mol. The number of urea groups is 1. The SMILES string of the molecule is CC(C)NC(=O)Nc1ccccc1C(=O)OCC(=O)Nc1ccnn1Cc1ccccc1Cl. The van der Waals surface area contributed by atoms with E-state index in [0.29, 0.717) is 17.4 Å². The first-order valence-corrected chi connectivity index (χ1v) is 10.6. The molecule has 3 aromatic rings. The molecule has 0 bridgehead atoms. The molecule has 0 spiro atoms. The molecule has 0 saturated carbocycles. The molecule has 0 aliphatic carbocycles. The number of carbonyl (C=O) groups excluding carboxylic acids is 3. The number of esters is 1. The smallest absolute Gasteiger partial charge is 0.340 e. The average molecular weight is 470 g/mol. The molecule has 33 heavy (non-hydrogen) atoms. The fourth-order valence-corrected chi connectivity index (χ4v) is 3.13. The van der Waals surface area contributed by atoms with Crippen molar-refractivity contribution in [2.24, 2.45) is 0 Å². The zero-order valence-electron chi connectivity index (χ0n) is 18.2. The summed E-state index contributed by atoms with van der Waals surface area (Å²) in [4.78, 5) is 36.9. The molecule has 0 radical (unpaired) electrons. The standard InChI is InChI=1S/C23H24ClN5O4/c1-15(2)26-23(32)27-19-10-6-4-8-17(19)22(31)33-14-21(30)28-20-11-12-25-29(20)13-16-7-3-5-9-18(16)24/h3-12,15H,13-14H2,1-2H3,(H,28,30)(H2,26,27,32). The Hall–Kier alpha value is -3.85. The van der Waals surface area contributed by atoms with Gasteiger partial charge in [-0.3, -0.25) is 4.79 Å². The van der Waals surface area contributed by atoms with Crippen LogP contribution in [-0.2, 0) is 16.1 Å². The highest BCUT2D eigenvalue weighted by Crippen LogP contribution is 2.19. The average Bonchev–Trinajstić information content (AvgIpc) is 3.20. The Morgan fingerprint density at radius 2 is 1.76 bits per heavy atom. The molecular weight excluding hydrogens is 446 g/mol. The molecule has 0 aliphatic heterocycles. The Morgan fingerprint density at radius 1 is 1.03 bits per heavy atom. The van der Waals surface area contributed by atoms with Gasteiger partial charge < -0.3 is 20.7 Å². The molecule has 3 amide bonds. The molecule has 10 heteroatoms. The molecule has 1 aromatic heterocycles. The van der Waals surface area contributed by atoms with Gasteiger partial charge in [-0.05, 0) is 37.6 Å². The van der Waals surface area contributed by atoms with Gasteiger partial charge in [0.05, 0.1) is 24.0 Å². The fraction of sp³-hybridized carbons (Fsp3) is 0.217. The van der Waals surface area contributed by atoms with Gasteiger partial charge in [0.2, 0.25) is 0 Å². The third-order valence-corrected chi connectivity index (χ3v) is 4.78. The topological polar surface area (TPSA) is 114 Å². The molecule has 0 atom stereocenters. The maximum Gasteiger partial charge on any atom is 0.340 e. The summed E-state index contributed by atoms with van der Waals surface area (Å²) in [5.74, 6) is -0.842. The van der Waals surface area contributed by atoms with Crippen LogP contribution in [0.2, 0.25) is 5.02 Å². The van der Waals surface area contributed by atoms with Crippen molar-refractivity contribution in [1.29, 1.82) is 0 Å². The quantitative estimate of drug-likeness (QED) is 0.433. The van der Waals surface area contributed by atoms with Crippen LogP contribution < -0.4 is 16.0 Å². The highest BCUT2D eigenvalue weighted by Gasteiger charge is 2.17. The molecule has 3 N–H and O–H groups in total. The lowest BCUT2D eigenvalue weighted by atomic mass is 10.2. The van der Waals surface area contributed by atoms with Crippen molar-refractivity contribution in [3.8, 4) is 0 Å². The monoisotopic (exact) mass is 469 g/mol. The fourth-order valence-electron chi connectivity index (χ4n) is 2.93. The van der Waals surface area contributed by atoms with E-state index in [1.807, 2.05) is 32.0 Å². The summed E-state index contributed by atoms with van der Waals surface area (Å²) in [6.07, 6.45) is 1.54. The van der Waals surface area contributed by atoms with Crippen LogP contribution >= 0.6 is 11.6 Å². The molecule has 0 saturated heterocycles. The van der Waals surface area contributed by atoms with Gasteiger partial charge >= 0.3 is 12.0 Å². The Labute approximate surface area is 196 Å². The number of carbonyl (C=O) groups is 3. The van der Waals surface area contributed by atoms with Crippen LogP contribution in [0.25, 0.3) is 0 Å². The zero-order chi connectivity index (χ0) is 23.8. The Kier molecular flexibility index (Phi) is 8.04. The first kappa shape index (κ1) is 23.8. The number of para-hydroxylation sites is 1. The summed E-state index contributed by atoms with van der Waals surface area (Å²) in [7, 11) is 0. The van der Waals surface area contributed by atoms with Gasteiger partial charge in [0.1, 0.15) is 5.82 Å². The summed E-state index contributed by atoms with van der Waals surface area (Å²) in [5, 5.41) is 12.7. The maximum absolute atomic E-state index is 12.5. The second-order valence-corrected chi connectivity index (χ2v) is 7.80. The Balaban J connectivity index is 1.58. The van der Waals surface area contributed by atoms with E-state index in [1.54, 1.807) is 41.2 Å². The summed E-state index contributed by atoms with van der Waals surface area (Å²) in [6, 6.07) is 14.8. The van der Waals surface area contributed by atoms with Crippen molar-refractivity contribution in [3.63, 3.8) is 0 Å². The van der Waals surface area contributed by atoms with E-state index in [0.717, 1.165) is 5.56 Å². The van der Waals surface area contributed by atoms with Crippen LogP contribution in [0.5, 0.6) is 0 Å². The van der Waals surface area contributed by atoms with E-state index in [-0.39, 0.29) is 17.3 Å². The van der Waals surface area contributed by atoms with Gasteiger partial charge in [0.15, 0.2) is 6.61 Å². The number of nitrogens with zero attached hydrogens (tertiary/aromatic N) is 2. The zero-order valence-corrected chi connectivity index (χ0v) is 18.9. The van der Waals surface area contributed by atoms with Crippen molar-refractivity contribution in [1.82, 2.24) is 15.1 Å². The van der Waals surface area contributed by atoms with E-state index < -0.39 is 24.5 Å². The number of anilines is 2. The van der Waals surface area contributed by atoms with Crippen molar-refractivity contribution in [2.75, 3.05) is 17.2 Å². The highest BCUT2D eigenvalue weighted by molar-refractivity contribution is 6.31. The molecule has 0 fully saturated rings. The second-order valence-electron chi connectivity index (χ2n) is 7.39. The van der Waals surface area contributed by atoms with Crippen molar-refractivity contribution in [3.05, 3.63) is 76.9 Å². The Morgan fingerprint density at radius 3 is 2.52 bits per heavy atom. The highest BCUT2D eigenvalue weighted by atomic mass is 35.5. The minimum Gasteiger partial charge on any atom is -0.452 e. The van der Waals surface area contributed by atoms with E-state index >= 15 is 0 Å². The van der Waals surface area contributed by atoms with Crippen LogP contribution in [-0.4, -0.2) is 40.3 Å². The first-order chi connectivity index (χ1) is 15.8. The molecule has 1 heterocycles. The van der Waals surface area contributed by atoms with Crippen LogP contribution in [0, 0.1) is 0 Å². The van der Waals surface area contributed by atoms with Gasteiger partial charge in [-0.2, -0.15) is 5.10 Å². The molecule has 3 rings (SSSR count). The van der Waals surface area contributed by atoms with E-state index in [1.165, 1.54) is 6.07 Å². The van der Waals surface area contributed by atoms with Crippen LogP contribution in [0.4, 0.5) is 16.3 Å². The van der Waals surface area contributed by atoms with Gasteiger partial charge in [-0.25, -0.2) is 14.3 Å². The number of nitrogens with one attached hydrogen (secondary N) is 3. The largest absolute Gasteiger partial charge is 0.452 e. The third-order valence-electron chi connectivity index (χ3n) is 4.41. The van der Waals surface area contributed by atoms with Gasteiger partial charge in [0.25, 0.3) is 5.91 Å². The molecule has 9 nitrogen and oxygen atoms in total. The molecular formula is C23H24ClN5O4. The minimum absolute atomic E-state index is 0.0702. The predicted octanol–water partition coefficient (Wildman–Crippen LogP) is 3.91. The minimum atomic E-state index is -0.741. The number of aromatic nitrogens is 2. The number of amides is 3. The number of ether oxygens (including phenoxy) is 1. The van der Waals surface area contributed by atoms with E-state index in [9.17, 15) is 14.4 Å². The summed E-state index contributed by atoms with van der Waals surface area (Å²) in [6.45, 7) is 3.49. The van der Waals surface area contributed by atoms with Crippen LogP contribution in [0.3, 0.4) is 0 Å². The van der Waals surface area contributed by atoms with Crippen molar-refractivity contribution < 1.29 is 19.1 Å². The number of hydrogen-bond donors (Lipinski definition) is 3. The van der Waals surface area contributed by atoms with Gasteiger partial charge in [-0.15, -0.1) is 0 Å². The molecule has 2 aromatic carbocycles. The molecule has 172 valence electrons. The van der Waals surface area contributed by atoms with Gasteiger partial charge in [-0.1, -0.05) is 41.9 Å². The summed E-state index contributed by atoms with van der Waals surface area (Å²) >= 11 is 6.19. The Bertz CT molecular complexity index is 1150. The van der Waals surface area contributed by atoms with Crippen molar-refractivity contribution in [2.45, 2.75) is 26.4 Å². The first-order valence-electron chi connectivity index (χ1n) is 10.2. The van der Waals surface area contributed by atoms with Crippen molar-refractivity contribution >= 4 is 41.0 Å². The maximum atomic E-state index is 12.5. The van der Waals surface area contributed by atoms with Gasteiger partial charge in [0, 0.05) is 17.1 Å². The van der Waals surface area contributed by atoms with E-state index in [4.69, 9.17) is 16.3 Å². The second kappa shape index (κ2) is 11.1. The summed E-state index contributed by atoms with van der Waals surface area (Å²) in [5.41, 5.74) is 1.25. The number of rotatable bonds is 8. The lowest BCUT2D eigenvalue weighted by Gasteiger charge is -2.13. The third kappa shape index (κ3) is 6.81. The van der Waals surface area contributed by atoms with Crippen LogP contribution in [0.15, 0.2) is 60.8 Å². The number of benzene rings is 2. The number of halogens is 1.